The van der Waals surface area contributed by atoms with Gasteiger partial charge in [-0.1, -0.05) is 18.4 Å². The maximum atomic E-state index is 2.33. The number of rotatable bonds is 0. The number of nitrogens with zero attached hydrogens (tertiary/aromatic N) is 1. The lowest BCUT2D eigenvalue weighted by Gasteiger charge is -2.10. The minimum atomic E-state index is 0.662. The third kappa shape index (κ3) is 0.946. The van der Waals surface area contributed by atoms with E-state index in [0.29, 0.717) is 6.85 Å². The van der Waals surface area contributed by atoms with Gasteiger partial charge in [0.05, 0.1) is 0 Å². The van der Waals surface area contributed by atoms with Crippen LogP contribution in [0.2, 0.25) is 6.82 Å². The fraction of sp³-hybridized carbons (Fsp3) is 0.667. The normalized spacial score (nSPS) is 21.9. The maximum absolute atomic E-state index is 2.33. The fourth-order valence-corrected chi connectivity index (χ4v) is 1.13. The highest BCUT2D eigenvalue weighted by atomic mass is 15.0. The summed E-state index contributed by atoms with van der Waals surface area (Å²) in [5.74, 6) is 2.31. The van der Waals surface area contributed by atoms with Crippen molar-refractivity contribution in [1.82, 2.24) is 4.81 Å². The minimum Gasteiger partial charge on any atom is -0.338 e. The van der Waals surface area contributed by atoms with Gasteiger partial charge in [-0.05, 0) is 14.0 Å². The van der Waals surface area contributed by atoms with Crippen LogP contribution in [0.3, 0.4) is 0 Å². The molecule has 0 unspecified atom stereocenters. The van der Waals surface area contributed by atoms with Crippen molar-refractivity contribution in [1.29, 1.82) is 0 Å². The van der Waals surface area contributed by atoms with E-state index in [0.717, 1.165) is 6.54 Å². The molecule has 0 aromatic heterocycles. The van der Waals surface area contributed by atoms with E-state index in [9.17, 15) is 0 Å². The number of hydrogen-bond acceptors (Lipinski definition) is 1. The Morgan fingerprint density at radius 1 is 1.75 bits per heavy atom. The van der Waals surface area contributed by atoms with E-state index in [1.807, 2.05) is 0 Å². The molecule has 0 fully saturated rings. The smallest absolute Gasteiger partial charge is 0.246 e. The first-order valence-corrected chi connectivity index (χ1v) is 3.07. The Balaban J connectivity index is 2.56. The van der Waals surface area contributed by atoms with Crippen LogP contribution in [0.1, 0.15) is 6.92 Å². The molecule has 1 heterocycles. The summed E-state index contributed by atoms with van der Waals surface area (Å²) >= 11 is 0. The van der Waals surface area contributed by atoms with Crippen LogP contribution in [-0.2, 0) is 0 Å². The van der Waals surface area contributed by atoms with Crippen LogP contribution in [0, 0.1) is 0 Å². The first-order valence-electron chi connectivity index (χ1n) is 3.07. The van der Waals surface area contributed by atoms with Gasteiger partial charge in [-0.25, -0.2) is 0 Å². The van der Waals surface area contributed by atoms with Crippen LogP contribution in [0.25, 0.3) is 0 Å². The zero-order valence-corrected chi connectivity index (χ0v) is 5.81. The largest absolute Gasteiger partial charge is 0.338 e. The van der Waals surface area contributed by atoms with Crippen LogP contribution in [0.5, 0.6) is 0 Å². The first kappa shape index (κ1) is 5.89. The predicted molar refractivity (Wildman–Crippen MR) is 38.0 cm³/mol. The van der Waals surface area contributed by atoms with Crippen LogP contribution in [0.4, 0.5) is 0 Å². The van der Waals surface area contributed by atoms with E-state index in [4.69, 9.17) is 0 Å². The molecule has 0 saturated carbocycles. The molecule has 1 rings (SSSR count). The molecule has 0 aromatic rings. The van der Waals surface area contributed by atoms with Gasteiger partial charge in [-0.2, -0.15) is 0 Å². The van der Waals surface area contributed by atoms with Crippen molar-refractivity contribution >= 4 is 6.85 Å². The molecule has 0 N–H and O–H groups in total. The molecule has 1 nitrogen and oxygen atoms in total. The van der Waals surface area contributed by atoms with Gasteiger partial charge in [0.25, 0.3) is 0 Å². The molecule has 0 amide bonds. The van der Waals surface area contributed by atoms with Gasteiger partial charge in [-0.15, -0.1) is 0 Å². The predicted octanol–water partition coefficient (Wildman–Crippen LogP) is 1.04. The van der Waals surface area contributed by atoms with E-state index in [2.05, 4.69) is 31.6 Å². The molecule has 0 aromatic carbocycles. The van der Waals surface area contributed by atoms with E-state index >= 15 is 0 Å². The molecule has 8 heavy (non-hydrogen) atoms. The lowest BCUT2D eigenvalue weighted by atomic mass is 9.65. The molecule has 2 heteroatoms. The molecule has 0 aliphatic carbocycles. The summed E-state index contributed by atoms with van der Waals surface area (Å²) < 4.78 is 0. The minimum absolute atomic E-state index is 0.662. The molecular weight excluding hydrogens is 96.9 g/mol. The average Bonchev–Trinajstić information content (AvgIpc) is 1.85. The van der Waals surface area contributed by atoms with Crippen molar-refractivity contribution in [3.05, 3.63) is 11.5 Å². The lowest BCUT2D eigenvalue weighted by molar-refractivity contribution is 0.591. The van der Waals surface area contributed by atoms with Crippen molar-refractivity contribution in [2.75, 3.05) is 13.6 Å². The van der Waals surface area contributed by atoms with Crippen LogP contribution in [0.15, 0.2) is 11.5 Å². The molecule has 1 aliphatic heterocycles. The van der Waals surface area contributed by atoms with Gasteiger partial charge < -0.3 is 4.81 Å². The molecule has 1 aliphatic rings. The summed E-state index contributed by atoms with van der Waals surface area (Å²) in [7, 11) is 2.15. The second kappa shape index (κ2) is 1.94. The Kier molecular flexibility index (Phi) is 1.43. The SMILES string of the molecule is CB1C=C(C)CN1C. The molecule has 0 radical (unpaired) electrons. The standard InChI is InChI=1S/C6H12BN/c1-6-4-7(2)8(3)5-6/h4H,5H2,1-3H3. The molecule has 44 valence electrons. The Labute approximate surface area is 51.5 Å². The van der Waals surface area contributed by atoms with Gasteiger partial charge in [-0.3, -0.25) is 0 Å². The maximum Gasteiger partial charge on any atom is 0.246 e. The van der Waals surface area contributed by atoms with E-state index in [1.165, 1.54) is 5.57 Å². The van der Waals surface area contributed by atoms with Crippen molar-refractivity contribution in [2.45, 2.75) is 13.7 Å². The summed E-state index contributed by atoms with van der Waals surface area (Å²) in [5, 5.41) is 0. The monoisotopic (exact) mass is 109 g/mol. The fourth-order valence-electron chi connectivity index (χ4n) is 1.13. The molecule has 0 spiro atoms. The highest BCUT2D eigenvalue weighted by Crippen LogP contribution is 2.08. The van der Waals surface area contributed by atoms with Crippen molar-refractivity contribution < 1.29 is 0 Å². The van der Waals surface area contributed by atoms with Gasteiger partial charge in [0, 0.05) is 6.54 Å². The molecule has 0 atom stereocenters. The van der Waals surface area contributed by atoms with Crippen molar-refractivity contribution in [3.8, 4) is 0 Å². The van der Waals surface area contributed by atoms with Crippen molar-refractivity contribution in [2.24, 2.45) is 0 Å². The Morgan fingerprint density at radius 2 is 2.38 bits per heavy atom. The summed E-state index contributed by atoms with van der Waals surface area (Å²) in [6.07, 6.45) is 0. The third-order valence-corrected chi connectivity index (χ3v) is 1.72. The average molecular weight is 109 g/mol. The Hall–Kier alpha value is -0.235. The number of likely N-dealkylation sites (N-methyl/N-ethyl adjacent to an activating group) is 1. The zero-order chi connectivity index (χ0) is 6.15. The van der Waals surface area contributed by atoms with Gasteiger partial charge in [0.15, 0.2) is 0 Å². The summed E-state index contributed by atoms with van der Waals surface area (Å²) in [6, 6.07) is 0. The van der Waals surface area contributed by atoms with Gasteiger partial charge >= 0.3 is 0 Å². The Bertz CT molecular complexity index is 120. The van der Waals surface area contributed by atoms with E-state index < -0.39 is 0 Å². The molecule has 0 bridgehead atoms. The van der Waals surface area contributed by atoms with Crippen LogP contribution in [-0.4, -0.2) is 25.3 Å². The topological polar surface area (TPSA) is 3.24 Å². The van der Waals surface area contributed by atoms with Crippen LogP contribution >= 0.6 is 0 Å². The number of hydrogen-bond donors (Lipinski definition) is 0. The summed E-state index contributed by atoms with van der Waals surface area (Å²) in [5.41, 5.74) is 1.50. The zero-order valence-electron chi connectivity index (χ0n) is 5.81. The van der Waals surface area contributed by atoms with Crippen LogP contribution < -0.4 is 0 Å². The van der Waals surface area contributed by atoms with Crippen molar-refractivity contribution in [3.63, 3.8) is 0 Å². The molecular formula is C6H12BN. The summed E-state index contributed by atoms with van der Waals surface area (Å²) in [6.45, 7) is 6.22. The van der Waals surface area contributed by atoms with Gasteiger partial charge in [0.2, 0.25) is 6.85 Å². The molecule has 0 saturated heterocycles. The van der Waals surface area contributed by atoms with E-state index in [-0.39, 0.29) is 0 Å². The quantitative estimate of drug-likeness (QED) is 0.420. The second-order valence-corrected chi connectivity index (χ2v) is 2.67. The highest BCUT2D eigenvalue weighted by molar-refractivity contribution is 6.60. The lowest BCUT2D eigenvalue weighted by Crippen LogP contribution is -2.26. The second-order valence-electron chi connectivity index (χ2n) is 2.67. The summed E-state index contributed by atoms with van der Waals surface area (Å²) in [4.78, 5) is 2.33. The third-order valence-electron chi connectivity index (χ3n) is 1.72. The Morgan fingerprint density at radius 3 is 2.50 bits per heavy atom. The van der Waals surface area contributed by atoms with Gasteiger partial charge in [0.1, 0.15) is 0 Å². The highest BCUT2D eigenvalue weighted by Gasteiger charge is 2.16. The first-order chi connectivity index (χ1) is 3.70. The van der Waals surface area contributed by atoms with E-state index in [1.54, 1.807) is 0 Å².